The van der Waals surface area contributed by atoms with Gasteiger partial charge in [-0.25, -0.2) is 9.37 Å². The van der Waals surface area contributed by atoms with Gasteiger partial charge in [0.1, 0.15) is 11.0 Å². The molecule has 1 aliphatic heterocycles. The Morgan fingerprint density at radius 3 is 2.24 bits per heavy atom. The molecule has 0 unspecified atom stereocenters. The second kappa shape index (κ2) is 7.97. The lowest BCUT2D eigenvalue weighted by Crippen LogP contribution is -2.50. The lowest BCUT2D eigenvalue weighted by molar-refractivity contribution is 0.0535. The molecule has 0 saturated carbocycles. The van der Waals surface area contributed by atoms with Crippen LogP contribution in [0.25, 0.3) is 10.9 Å². The Balaban J connectivity index is 1.44. The summed E-state index contributed by atoms with van der Waals surface area (Å²) in [5, 5.41) is 1.32. The van der Waals surface area contributed by atoms with E-state index in [4.69, 9.17) is 23.2 Å². The largest absolute Gasteiger partial charge is 0.335 e. The summed E-state index contributed by atoms with van der Waals surface area (Å²) in [5.74, 6) is -0.862. The Morgan fingerprint density at radius 2 is 1.55 bits per heavy atom. The molecule has 0 N–H and O–H groups in total. The number of carbonyl (C=O) groups is 2. The smallest absolute Gasteiger partial charge is 0.255 e. The number of piperazine rings is 1. The van der Waals surface area contributed by atoms with E-state index in [0.29, 0.717) is 36.9 Å². The van der Waals surface area contributed by atoms with Crippen LogP contribution in [0.3, 0.4) is 0 Å². The van der Waals surface area contributed by atoms with Crippen molar-refractivity contribution in [1.29, 1.82) is 0 Å². The van der Waals surface area contributed by atoms with Crippen LogP contribution in [0.5, 0.6) is 0 Å². The van der Waals surface area contributed by atoms with Gasteiger partial charge in [0.15, 0.2) is 0 Å². The maximum absolute atomic E-state index is 13.2. The molecule has 2 aromatic carbocycles. The van der Waals surface area contributed by atoms with E-state index >= 15 is 0 Å². The van der Waals surface area contributed by atoms with E-state index in [1.54, 1.807) is 34.1 Å². The molecule has 0 radical (unpaired) electrons. The lowest BCUT2D eigenvalue weighted by Gasteiger charge is -2.35. The van der Waals surface area contributed by atoms with E-state index in [9.17, 15) is 14.0 Å². The van der Waals surface area contributed by atoms with Gasteiger partial charge in [-0.15, -0.1) is 0 Å². The SMILES string of the molecule is O=C(c1ccc2nc(Cl)ccc2c1)N1CCN(C(=O)c2ccc(F)cc2Cl)CC1. The predicted molar refractivity (Wildman–Crippen MR) is 110 cm³/mol. The van der Waals surface area contributed by atoms with Gasteiger partial charge in [0.25, 0.3) is 11.8 Å². The second-order valence-electron chi connectivity index (χ2n) is 6.75. The van der Waals surface area contributed by atoms with Crippen molar-refractivity contribution in [2.45, 2.75) is 0 Å². The van der Waals surface area contributed by atoms with Gasteiger partial charge in [0.05, 0.1) is 16.1 Å². The van der Waals surface area contributed by atoms with Crippen molar-refractivity contribution in [2.75, 3.05) is 26.2 Å². The molecule has 3 aromatic rings. The summed E-state index contributed by atoms with van der Waals surface area (Å²) >= 11 is 11.9. The topological polar surface area (TPSA) is 53.5 Å². The highest BCUT2D eigenvalue weighted by molar-refractivity contribution is 6.33. The molecular formula is C21H16Cl2FN3O2. The molecule has 1 aromatic heterocycles. The van der Waals surface area contributed by atoms with Crippen molar-refractivity contribution in [3.05, 3.63) is 75.7 Å². The summed E-state index contributed by atoms with van der Waals surface area (Å²) < 4.78 is 13.2. The fourth-order valence-corrected chi connectivity index (χ4v) is 3.76. The minimum absolute atomic E-state index is 0.0818. The van der Waals surface area contributed by atoms with Gasteiger partial charge in [-0.05, 0) is 48.5 Å². The maximum Gasteiger partial charge on any atom is 0.255 e. The first-order chi connectivity index (χ1) is 13.9. The average Bonchev–Trinajstić information content (AvgIpc) is 2.72. The van der Waals surface area contributed by atoms with Crippen molar-refractivity contribution in [3.8, 4) is 0 Å². The van der Waals surface area contributed by atoms with E-state index in [2.05, 4.69) is 4.98 Å². The molecule has 4 rings (SSSR count). The number of rotatable bonds is 2. The summed E-state index contributed by atoms with van der Waals surface area (Å²) in [6.07, 6.45) is 0. The van der Waals surface area contributed by atoms with Crippen LogP contribution in [-0.2, 0) is 0 Å². The molecule has 2 amide bonds. The van der Waals surface area contributed by atoms with Crippen LogP contribution in [0.1, 0.15) is 20.7 Å². The predicted octanol–water partition coefficient (Wildman–Crippen LogP) is 4.28. The Morgan fingerprint density at radius 1 is 0.862 bits per heavy atom. The molecule has 5 nitrogen and oxygen atoms in total. The Bertz CT molecular complexity index is 1110. The van der Waals surface area contributed by atoms with Gasteiger partial charge in [0.2, 0.25) is 0 Å². The van der Waals surface area contributed by atoms with E-state index in [1.165, 1.54) is 12.1 Å². The fraction of sp³-hybridized carbons (Fsp3) is 0.190. The van der Waals surface area contributed by atoms with Crippen molar-refractivity contribution in [3.63, 3.8) is 0 Å². The van der Waals surface area contributed by atoms with Crippen molar-refractivity contribution in [1.82, 2.24) is 14.8 Å². The number of pyridine rings is 1. The molecule has 0 bridgehead atoms. The van der Waals surface area contributed by atoms with Gasteiger partial charge in [-0.1, -0.05) is 23.2 Å². The van der Waals surface area contributed by atoms with Crippen LogP contribution in [0.2, 0.25) is 10.2 Å². The first-order valence-electron chi connectivity index (χ1n) is 9.02. The third-order valence-electron chi connectivity index (χ3n) is 4.92. The van der Waals surface area contributed by atoms with Crippen molar-refractivity contribution < 1.29 is 14.0 Å². The minimum Gasteiger partial charge on any atom is -0.335 e. The first kappa shape index (κ1) is 19.6. The zero-order valence-electron chi connectivity index (χ0n) is 15.2. The molecule has 0 aliphatic carbocycles. The zero-order valence-corrected chi connectivity index (χ0v) is 16.8. The van der Waals surface area contributed by atoms with Crippen LogP contribution in [0, 0.1) is 5.82 Å². The number of fused-ring (bicyclic) bond motifs is 1. The summed E-state index contributed by atoms with van der Waals surface area (Å²) in [5.41, 5.74) is 1.54. The number of amides is 2. The molecule has 1 aliphatic rings. The molecule has 0 spiro atoms. The van der Waals surface area contributed by atoms with E-state index in [-0.39, 0.29) is 22.4 Å². The first-order valence-corrected chi connectivity index (χ1v) is 9.78. The molecule has 148 valence electrons. The molecule has 1 saturated heterocycles. The standard InChI is InChI=1S/C21H16Cl2FN3O2/c22-17-12-15(24)3-4-16(17)21(29)27-9-7-26(8-10-27)20(28)14-1-5-18-13(11-14)2-6-19(23)25-18/h1-6,11-12H,7-10H2. The molecule has 0 atom stereocenters. The Hall–Kier alpha value is -2.70. The van der Waals surface area contributed by atoms with Gasteiger partial charge in [0, 0.05) is 37.1 Å². The number of nitrogens with zero attached hydrogens (tertiary/aromatic N) is 3. The lowest BCUT2D eigenvalue weighted by atomic mass is 10.1. The van der Waals surface area contributed by atoms with Crippen molar-refractivity contribution in [2.24, 2.45) is 0 Å². The number of aromatic nitrogens is 1. The third kappa shape index (κ3) is 4.04. The quantitative estimate of drug-likeness (QED) is 0.569. The number of halogens is 3. The zero-order chi connectivity index (χ0) is 20.5. The Kier molecular flexibility index (Phi) is 5.39. The highest BCUT2D eigenvalue weighted by Crippen LogP contribution is 2.21. The van der Waals surface area contributed by atoms with Gasteiger partial charge >= 0.3 is 0 Å². The minimum atomic E-state index is -0.491. The fourth-order valence-electron chi connectivity index (χ4n) is 3.36. The molecule has 1 fully saturated rings. The molecular weight excluding hydrogens is 416 g/mol. The summed E-state index contributed by atoms with van der Waals surface area (Å²) in [4.78, 5) is 33.1. The van der Waals surface area contributed by atoms with Crippen LogP contribution in [-0.4, -0.2) is 52.8 Å². The number of hydrogen-bond donors (Lipinski definition) is 0. The normalized spacial score (nSPS) is 14.3. The van der Waals surface area contributed by atoms with Crippen LogP contribution < -0.4 is 0 Å². The van der Waals surface area contributed by atoms with Crippen LogP contribution in [0.15, 0.2) is 48.5 Å². The average molecular weight is 432 g/mol. The van der Waals surface area contributed by atoms with E-state index < -0.39 is 5.82 Å². The Labute approximate surface area is 176 Å². The highest BCUT2D eigenvalue weighted by atomic mass is 35.5. The van der Waals surface area contributed by atoms with Gasteiger partial charge < -0.3 is 9.80 Å². The maximum atomic E-state index is 13.2. The highest BCUT2D eigenvalue weighted by Gasteiger charge is 2.26. The monoisotopic (exact) mass is 431 g/mol. The van der Waals surface area contributed by atoms with Gasteiger partial charge in [-0.2, -0.15) is 0 Å². The number of carbonyl (C=O) groups excluding carboxylic acids is 2. The summed E-state index contributed by atoms with van der Waals surface area (Å²) in [6, 6.07) is 12.5. The van der Waals surface area contributed by atoms with Crippen LogP contribution in [0.4, 0.5) is 4.39 Å². The van der Waals surface area contributed by atoms with E-state index in [0.717, 1.165) is 17.0 Å². The molecule has 29 heavy (non-hydrogen) atoms. The van der Waals surface area contributed by atoms with E-state index in [1.807, 2.05) is 6.07 Å². The summed E-state index contributed by atoms with van der Waals surface area (Å²) in [6.45, 7) is 1.56. The molecule has 2 heterocycles. The summed E-state index contributed by atoms with van der Waals surface area (Å²) in [7, 11) is 0. The van der Waals surface area contributed by atoms with Crippen molar-refractivity contribution >= 4 is 45.9 Å². The third-order valence-corrected chi connectivity index (χ3v) is 5.44. The van der Waals surface area contributed by atoms with Crippen LogP contribution >= 0.6 is 23.2 Å². The molecule has 8 heteroatoms. The second-order valence-corrected chi connectivity index (χ2v) is 7.54. The van der Waals surface area contributed by atoms with Gasteiger partial charge in [-0.3, -0.25) is 9.59 Å². The number of benzene rings is 2. The number of hydrogen-bond acceptors (Lipinski definition) is 3.